The molecule has 3 fully saturated rings. The van der Waals surface area contributed by atoms with Crippen LogP contribution in [0.3, 0.4) is 0 Å². The molecule has 2 saturated heterocycles. The van der Waals surface area contributed by atoms with Crippen LogP contribution in [0.2, 0.25) is 0 Å². The minimum absolute atomic E-state index is 0. The van der Waals surface area contributed by atoms with Crippen LogP contribution in [-0.2, 0) is 132 Å². The van der Waals surface area contributed by atoms with Gasteiger partial charge in [0.1, 0.15) is 11.5 Å². The van der Waals surface area contributed by atoms with Crippen LogP contribution >= 0.6 is 0 Å². The Hall–Kier alpha value is -2.06. The Bertz CT molecular complexity index is 2550. The van der Waals surface area contributed by atoms with E-state index in [0.29, 0.717) is 13.2 Å². The van der Waals surface area contributed by atoms with E-state index < -0.39 is 0 Å². The molecule has 6 aromatic rings. The van der Waals surface area contributed by atoms with E-state index in [4.69, 9.17) is 28.4 Å². The maximum Gasteiger partial charge on any atom is 0.119 e. The van der Waals surface area contributed by atoms with Crippen molar-refractivity contribution < 1.29 is 136 Å². The Morgan fingerprint density at radius 3 is 1.10 bits per heavy atom. The summed E-state index contributed by atoms with van der Waals surface area (Å²) in [7, 11) is 0. The zero-order chi connectivity index (χ0) is 54.2. The fourth-order valence-corrected chi connectivity index (χ4v) is 11.7. The number of aryl methyl sites for hydroxylation is 4. The van der Waals surface area contributed by atoms with Crippen LogP contribution in [0.5, 0.6) is 11.5 Å². The van der Waals surface area contributed by atoms with E-state index in [9.17, 15) is 0 Å². The first kappa shape index (κ1) is 70.7. The molecule has 0 N–H and O–H groups in total. The first-order chi connectivity index (χ1) is 38.1. The zero-order valence-corrected chi connectivity index (χ0v) is 61.4. The number of ether oxygens (including phenoxy) is 6. The average Bonchev–Trinajstić information content (AvgIpc) is 3.53. The number of hydrogen-bond donors (Lipinski definition) is 0. The molecule has 2 heterocycles. The van der Waals surface area contributed by atoms with Gasteiger partial charge in [0.25, 0.3) is 0 Å². The normalized spacial score (nSPS) is 15.4. The van der Waals surface area contributed by atoms with Gasteiger partial charge in [0.05, 0.1) is 52.9 Å². The average molecular weight is 1600 g/mol. The van der Waals surface area contributed by atoms with Gasteiger partial charge in [0.15, 0.2) is 0 Å². The fraction of sp³-hybridized carbons (Fsp3) is 0.486. The second-order valence-corrected chi connectivity index (χ2v) is 22.9. The Labute approximate surface area is 572 Å². The van der Waals surface area contributed by atoms with Crippen molar-refractivity contribution in [2.45, 2.75) is 143 Å². The predicted octanol–water partition coefficient (Wildman–Crippen LogP) is 17.1. The van der Waals surface area contributed by atoms with Crippen molar-refractivity contribution in [3.63, 3.8) is 0 Å². The van der Waals surface area contributed by atoms with Gasteiger partial charge in [-0.15, -0.1) is 0 Å². The Kier molecular flexibility index (Phi) is 30.2. The predicted molar refractivity (Wildman–Crippen MR) is 317 cm³/mol. The topological polar surface area (TPSA) is 61.9 Å². The molecule has 3 aliphatic rings. The van der Waals surface area contributed by atoms with E-state index in [1.54, 1.807) is 0 Å². The molecule has 0 amide bonds. The maximum absolute atomic E-state index is 6.26. The molecule has 12 heteroatoms. The third-order valence-electron chi connectivity index (χ3n) is 16.7. The molecule has 0 aromatic heterocycles. The fourth-order valence-electron chi connectivity index (χ4n) is 11.7. The molecule has 1 aliphatic carbocycles. The molecule has 2 radical (unpaired) electrons. The quantitative estimate of drug-likeness (QED) is 0.0327. The van der Waals surface area contributed by atoms with E-state index in [0.717, 1.165) is 198 Å². The number of hydrogen-bond acceptors (Lipinski definition) is 8. The number of anilines is 6. The molecule has 0 bridgehead atoms. The Morgan fingerprint density at radius 2 is 0.780 bits per heavy atom. The standard InChI is InChI=1S/C70H86N2O6.2W.2Y/c1-7-68(50-75-51-68)48-73-38-16-9-11-18-40-77-66-32-28-62(29-33-66)71(64-44-54(3)42-55(4)45-64)60-24-20-58(21-25-60)70(36-14-13-15-37-70)59-22-26-61(27-23-59)72(65-46-56(5)43-57(6)47-65)63-30-34-67(35-31-63)78-41-19-12-10-17-39-74-49-69(8-2)52-76-53-69;;;;/h20-35,44,46H,7-19,36-41,48-53H2,1-6H3;;;;/q-4;;;;. The molecule has 0 unspecified atom stereocenters. The molecule has 82 heavy (non-hydrogen) atoms. The third kappa shape index (κ3) is 19.0. The second-order valence-electron chi connectivity index (χ2n) is 22.9. The minimum atomic E-state index is -0.0978. The van der Waals surface area contributed by atoms with E-state index in [2.05, 4.69) is 185 Å². The van der Waals surface area contributed by atoms with Crippen LogP contribution < -0.4 is 19.3 Å². The van der Waals surface area contributed by atoms with Gasteiger partial charge in [0, 0.05) is 160 Å². The van der Waals surface area contributed by atoms with Crippen LogP contribution in [0.15, 0.2) is 109 Å². The first-order valence-electron chi connectivity index (χ1n) is 29.5. The molecule has 6 aromatic carbocycles. The van der Waals surface area contributed by atoms with Gasteiger partial charge in [-0.1, -0.05) is 97.9 Å². The van der Waals surface area contributed by atoms with Crippen LogP contribution in [0.1, 0.15) is 144 Å². The summed E-state index contributed by atoms with van der Waals surface area (Å²) in [4.78, 5) is 4.63. The zero-order valence-electron chi connectivity index (χ0n) is 49.9. The number of nitrogens with zero attached hydrogens (tertiary/aromatic N) is 2. The molecule has 0 atom stereocenters. The summed E-state index contributed by atoms with van der Waals surface area (Å²) in [5, 5.41) is 0. The van der Waals surface area contributed by atoms with E-state index in [1.165, 1.54) is 30.4 Å². The van der Waals surface area contributed by atoms with E-state index in [-0.39, 0.29) is 124 Å². The molecule has 434 valence electrons. The summed E-state index contributed by atoms with van der Waals surface area (Å²) in [5.74, 6) is 1.78. The Balaban J connectivity index is 0.00000308. The molecule has 1 saturated carbocycles. The van der Waals surface area contributed by atoms with Crippen LogP contribution in [0, 0.1) is 62.8 Å². The molecular formula is C70H86N2O6W2Y2-4. The van der Waals surface area contributed by atoms with E-state index >= 15 is 0 Å². The van der Waals surface area contributed by atoms with Crippen LogP contribution in [-0.4, -0.2) is 66.1 Å². The largest absolute Gasteiger partial charge is 0.494 e. The van der Waals surface area contributed by atoms with Gasteiger partial charge in [-0.2, -0.15) is 11.4 Å². The summed E-state index contributed by atoms with van der Waals surface area (Å²) in [6.07, 6.45) is 16.9. The number of benzene rings is 6. The summed E-state index contributed by atoms with van der Waals surface area (Å²) < 4.78 is 35.4. The summed E-state index contributed by atoms with van der Waals surface area (Å²) >= 11 is 0. The van der Waals surface area contributed by atoms with Gasteiger partial charge in [-0.3, -0.25) is 34.4 Å². The number of rotatable bonds is 30. The maximum atomic E-state index is 6.26. The van der Waals surface area contributed by atoms with Crippen molar-refractivity contribution in [2.24, 2.45) is 10.8 Å². The van der Waals surface area contributed by atoms with Crippen molar-refractivity contribution >= 4 is 34.1 Å². The molecule has 0 spiro atoms. The monoisotopic (exact) mass is 1600 g/mol. The van der Waals surface area contributed by atoms with Crippen molar-refractivity contribution in [1.82, 2.24) is 0 Å². The molecule has 8 nitrogen and oxygen atoms in total. The minimum Gasteiger partial charge on any atom is -0.494 e. The first-order valence-corrected chi connectivity index (χ1v) is 29.5. The van der Waals surface area contributed by atoms with Crippen molar-refractivity contribution in [1.29, 1.82) is 0 Å². The molecule has 2 aliphatic heterocycles. The van der Waals surface area contributed by atoms with Gasteiger partial charge >= 0.3 is 0 Å². The smallest absolute Gasteiger partial charge is 0.119 e. The Morgan fingerprint density at radius 1 is 0.439 bits per heavy atom. The van der Waals surface area contributed by atoms with E-state index in [1.807, 2.05) is 0 Å². The van der Waals surface area contributed by atoms with Crippen molar-refractivity contribution in [2.75, 3.05) is 75.9 Å². The van der Waals surface area contributed by atoms with Crippen LogP contribution in [0.25, 0.3) is 0 Å². The summed E-state index contributed by atoms with van der Waals surface area (Å²) in [6, 6.07) is 54.4. The van der Waals surface area contributed by atoms with Gasteiger partial charge < -0.3 is 62.5 Å². The second kappa shape index (κ2) is 35.1. The van der Waals surface area contributed by atoms with Gasteiger partial charge in [-0.25, -0.2) is 0 Å². The summed E-state index contributed by atoms with van der Waals surface area (Å²) in [5.41, 5.74) is 13.6. The summed E-state index contributed by atoms with van der Waals surface area (Å²) in [6.45, 7) is 20.9. The van der Waals surface area contributed by atoms with Crippen LogP contribution in [0.4, 0.5) is 34.1 Å². The van der Waals surface area contributed by atoms with Crippen molar-refractivity contribution in [3.05, 3.63) is 167 Å². The SMILES string of the molecule is CCC1(COCCCCCCOc2ccc(N(c3[c-]c(C)[c-]c(C)c3)c3ccc(C4(c5ccc(N(c6[c-]c(C)[c-]c(C)c6)c6ccc(OCCCCCCOCC7(CC)COC7)cc6)cc5)CCCCC4)cc3)cc2)COC1.[W].[W].[Y].[Y]. The van der Waals surface area contributed by atoms with Crippen molar-refractivity contribution in [3.8, 4) is 11.5 Å². The number of unbranched alkanes of at least 4 members (excludes halogenated alkanes) is 6. The van der Waals surface area contributed by atoms with Gasteiger partial charge in [-0.05, 0) is 148 Å². The van der Waals surface area contributed by atoms with Gasteiger partial charge in [0.2, 0.25) is 0 Å². The third-order valence-corrected chi connectivity index (χ3v) is 16.7. The molecular weight excluding hydrogens is 1510 g/mol. The molecule has 9 rings (SSSR count).